The summed E-state index contributed by atoms with van der Waals surface area (Å²) in [6.45, 7) is 6.51. The van der Waals surface area contributed by atoms with Gasteiger partial charge in [0.05, 0.1) is 12.1 Å². The molecule has 128 valence electrons. The van der Waals surface area contributed by atoms with Gasteiger partial charge in [0.15, 0.2) is 5.78 Å². The molecule has 2 aromatic carbocycles. The molecule has 1 aromatic heterocycles. The largest absolute Gasteiger partial charge is 0.304 e. The van der Waals surface area contributed by atoms with Crippen LogP contribution < -0.4 is 0 Å². The van der Waals surface area contributed by atoms with Gasteiger partial charge in [0.1, 0.15) is 0 Å². The fourth-order valence-electron chi connectivity index (χ4n) is 3.62. The molecule has 4 rings (SSSR count). The highest BCUT2D eigenvalue weighted by Crippen LogP contribution is 2.27. The van der Waals surface area contributed by atoms with Crippen molar-refractivity contribution in [2.75, 3.05) is 39.8 Å². The number of piperazine rings is 1. The lowest BCUT2D eigenvalue weighted by Crippen LogP contribution is -2.46. The predicted octanol–water partition coefficient (Wildman–Crippen LogP) is 3.13. The van der Waals surface area contributed by atoms with Crippen LogP contribution in [0.15, 0.2) is 42.6 Å². The Labute approximate surface area is 148 Å². The van der Waals surface area contributed by atoms with Crippen LogP contribution in [0.5, 0.6) is 0 Å². The molecule has 0 radical (unpaired) electrons. The third-order valence-corrected chi connectivity index (χ3v) is 5.20. The van der Waals surface area contributed by atoms with Gasteiger partial charge in [0.2, 0.25) is 0 Å². The van der Waals surface area contributed by atoms with Gasteiger partial charge in [-0.1, -0.05) is 18.2 Å². The molecule has 3 aromatic rings. The first-order valence-corrected chi connectivity index (χ1v) is 8.84. The zero-order valence-corrected chi connectivity index (χ0v) is 14.8. The van der Waals surface area contributed by atoms with Crippen LogP contribution in [0.25, 0.3) is 21.7 Å². The molecular formula is C21H23N3O. The lowest BCUT2D eigenvalue weighted by molar-refractivity contribution is 0.0876. The molecule has 1 aliphatic rings. The maximum Gasteiger partial charge on any atom is 0.177 e. The number of fused-ring (bicyclic) bond motifs is 3. The maximum atomic E-state index is 12.9. The summed E-state index contributed by atoms with van der Waals surface area (Å²) in [6, 6.07) is 12.3. The van der Waals surface area contributed by atoms with E-state index in [2.05, 4.69) is 46.1 Å². The van der Waals surface area contributed by atoms with Crippen molar-refractivity contribution in [3.8, 4) is 0 Å². The smallest absolute Gasteiger partial charge is 0.177 e. The Morgan fingerprint density at radius 2 is 1.84 bits per heavy atom. The summed E-state index contributed by atoms with van der Waals surface area (Å²) < 4.78 is 0. The molecule has 0 amide bonds. The van der Waals surface area contributed by atoms with Gasteiger partial charge in [-0.15, -0.1) is 0 Å². The molecule has 1 saturated heterocycles. The molecule has 1 fully saturated rings. The maximum absolute atomic E-state index is 12.9. The van der Waals surface area contributed by atoms with Gasteiger partial charge in [-0.3, -0.25) is 14.7 Å². The number of rotatable bonds is 3. The summed E-state index contributed by atoms with van der Waals surface area (Å²) in [6.07, 6.45) is 1.82. The molecule has 0 spiro atoms. The molecule has 1 aliphatic heterocycles. The third-order valence-electron chi connectivity index (χ3n) is 5.20. The highest BCUT2D eigenvalue weighted by Gasteiger charge is 2.19. The van der Waals surface area contributed by atoms with E-state index in [0.29, 0.717) is 6.54 Å². The molecule has 0 atom stereocenters. The monoisotopic (exact) mass is 333 g/mol. The fraction of sp³-hybridized carbons (Fsp3) is 0.333. The summed E-state index contributed by atoms with van der Waals surface area (Å²) in [5.74, 6) is 0.213. The Morgan fingerprint density at radius 1 is 1.08 bits per heavy atom. The van der Waals surface area contributed by atoms with Gasteiger partial charge in [0.25, 0.3) is 0 Å². The van der Waals surface area contributed by atoms with Crippen molar-refractivity contribution in [1.82, 2.24) is 14.8 Å². The minimum absolute atomic E-state index is 0.213. The predicted molar refractivity (Wildman–Crippen MR) is 102 cm³/mol. The van der Waals surface area contributed by atoms with Crippen molar-refractivity contribution < 1.29 is 4.79 Å². The number of carbonyl (C=O) groups is 1. The lowest BCUT2D eigenvalue weighted by atomic mass is 9.97. The standard InChI is InChI=1S/C21H23N3O/c1-15-12-19-17(6-5-16-4-3-7-22-21(16)19)13-18(15)20(25)14-24-10-8-23(2)9-11-24/h3-7,12-13H,8-11,14H2,1-2H3. The van der Waals surface area contributed by atoms with E-state index in [1.54, 1.807) is 0 Å². The van der Waals surface area contributed by atoms with E-state index in [-0.39, 0.29) is 5.78 Å². The van der Waals surface area contributed by atoms with Crippen molar-refractivity contribution in [3.05, 3.63) is 53.7 Å². The highest BCUT2D eigenvalue weighted by atomic mass is 16.1. The van der Waals surface area contributed by atoms with Gasteiger partial charge in [0, 0.05) is 48.7 Å². The van der Waals surface area contributed by atoms with Crippen LogP contribution in [0.4, 0.5) is 0 Å². The number of carbonyl (C=O) groups excluding carboxylic acids is 1. The molecule has 2 heterocycles. The Morgan fingerprint density at radius 3 is 2.64 bits per heavy atom. The lowest BCUT2D eigenvalue weighted by Gasteiger charge is -2.31. The summed E-state index contributed by atoms with van der Waals surface area (Å²) in [5, 5.41) is 3.33. The Bertz CT molecular complexity index is 942. The summed E-state index contributed by atoms with van der Waals surface area (Å²) in [5.41, 5.74) is 2.87. The average molecular weight is 333 g/mol. The van der Waals surface area contributed by atoms with E-state index in [1.165, 1.54) is 0 Å². The first-order valence-electron chi connectivity index (χ1n) is 8.84. The zero-order chi connectivity index (χ0) is 17.4. The van der Waals surface area contributed by atoms with Gasteiger partial charge < -0.3 is 4.90 Å². The van der Waals surface area contributed by atoms with Crippen LogP contribution >= 0.6 is 0 Å². The molecule has 25 heavy (non-hydrogen) atoms. The van der Waals surface area contributed by atoms with E-state index in [0.717, 1.165) is 59.0 Å². The number of pyridine rings is 1. The van der Waals surface area contributed by atoms with Crippen molar-refractivity contribution in [3.63, 3.8) is 0 Å². The first kappa shape index (κ1) is 16.2. The Kier molecular flexibility index (Phi) is 4.24. The minimum Gasteiger partial charge on any atom is -0.304 e. The van der Waals surface area contributed by atoms with E-state index >= 15 is 0 Å². The van der Waals surface area contributed by atoms with Gasteiger partial charge in [-0.05, 0) is 43.1 Å². The number of likely N-dealkylation sites (N-methyl/N-ethyl adjacent to an activating group) is 1. The van der Waals surface area contributed by atoms with E-state index < -0.39 is 0 Å². The van der Waals surface area contributed by atoms with E-state index in [9.17, 15) is 4.79 Å². The van der Waals surface area contributed by atoms with Crippen molar-refractivity contribution in [2.24, 2.45) is 0 Å². The van der Waals surface area contributed by atoms with Crippen molar-refractivity contribution >= 4 is 27.5 Å². The number of aromatic nitrogens is 1. The number of ketones is 1. The number of aryl methyl sites for hydroxylation is 1. The number of Topliss-reactive ketones (excluding diaryl/α,β-unsaturated/α-hetero) is 1. The van der Waals surface area contributed by atoms with Crippen molar-refractivity contribution in [2.45, 2.75) is 6.92 Å². The number of benzene rings is 2. The second-order valence-corrected chi connectivity index (χ2v) is 7.03. The molecule has 0 bridgehead atoms. The Hall–Kier alpha value is -2.30. The summed E-state index contributed by atoms with van der Waals surface area (Å²) in [7, 11) is 2.13. The summed E-state index contributed by atoms with van der Waals surface area (Å²) in [4.78, 5) is 21.9. The fourth-order valence-corrected chi connectivity index (χ4v) is 3.62. The van der Waals surface area contributed by atoms with Crippen LogP contribution in [0, 0.1) is 6.92 Å². The van der Waals surface area contributed by atoms with Crippen LogP contribution in [0.3, 0.4) is 0 Å². The van der Waals surface area contributed by atoms with E-state index in [4.69, 9.17) is 0 Å². The van der Waals surface area contributed by atoms with Crippen LogP contribution in [0.1, 0.15) is 15.9 Å². The normalized spacial score (nSPS) is 16.6. The highest BCUT2D eigenvalue weighted by molar-refractivity contribution is 6.09. The molecule has 4 heteroatoms. The molecule has 0 saturated carbocycles. The average Bonchev–Trinajstić information content (AvgIpc) is 2.63. The molecule has 0 aliphatic carbocycles. The topological polar surface area (TPSA) is 36.4 Å². The molecular weight excluding hydrogens is 310 g/mol. The quantitative estimate of drug-likeness (QED) is 0.545. The Balaban J connectivity index is 1.66. The summed E-state index contributed by atoms with van der Waals surface area (Å²) >= 11 is 0. The van der Waals surface area contributed by atoms with Gasteiger partial charge >= 0.3 is 0 Å². The second kappa shape index (κ2) is 6.54. The van der Waals surface area contributed by atoms with E-state index in [1.807, 2.05) is 25.3 Å². The van der Waals surface area contributed by atoms with Crippen LogP contribution in [-0.2, 0) is 0 Å². The van der Waals surface area contributed by atoms with Crippen LogP contribution in [-0.4, -0.2) is 60.3 Å². The molecule has 0 N–H and O–H groups in total. The van der Waals surface area contributed by atoms with Gasteiger partial charge in [-0.25, -0.2) is 0 Å². The molecule has 0 unspecified atom stereocenters. The number of nitrogens with zero attached hydrogens (tertiary/aromatic N) is 3. The SMILES string of the molecule is Cc1cc2c(ccc3cccnc32)cc1C(=O)CN1CCN(C)CC1. The minimum atomic E-state index is 0.213. The number of hydrogen-bond donors (Lipinski definition) is 0. The van der Waals surface area contributed by atoms with Crippen LogP contribution in [0.2, 0.25) is 0 Å². The zero-order valence-electron chi connectivity index (χ0n) is 14.8. The van der Waals surface area contributed by atoms with Gasteiger partial charge in [-0.2, -0.15) is 0 Å². The first-order chi connectivity index (χ1) is 12.1. The van der Waals surface area contributed by atoms with Crippen molar-refractivity contribution in [1.29, 1.82) is 0 Å². The molecule has 4 nitrogen and oxygen atoms in total. The second-order valence-electron chi connectivity index (χ2n) is 7.03. The third kappa shape index (κ3) is 3.15. The number of hydrogen-bond acceptors (Lipinski definition) is 4.